The molecule has 19 heavy (non-hydrogen) atoms. The van der Waals surface area contributed by atoms with Gasteiger partial charge in [0, 0.05) is 6.54 Å². The van der Waals surface area contributed by atoms with E-state index in [1.54, 1.807) is 6.07 Å². The van der Waals surface area contributed by atoms with E-state index in [0.29, 0.717) is 11.1 Å². The number of halogens is 1. The van der Waals surface area contributed by atoms with Crippen LogP contribution in [0.25, 0.3) is 0 Å². The van der Waals surface area contributed by atoms with Crippen LogP contribution in [-0.4, -0.2) is 18.0 Å². The van der Waals surface area contributed by atoms with E-state index in [9.17, 15) is 4.39 Å². The Bertz CT molecular complexity index is 442. The van der Waals surface area contributed by atoms with Crippen molar-refractivity contribution in [3.05, 3.63) is 29.6 Å². The number of nitrogen functional groups attached to an aromatic ring is 1. The topological polar surface area (TPSA) is 29.3 Å². The summed E-state index contributed by atoms with van der Waals surface area (Å²) in [5.41, 5.74) is 7.71. The Kier molecular flexibility index (Phi) is 3.48. The van der Waals surface area contributed by atoms with Crippen LogP contribution in [0.3, 0.4) is 0 Å². The van der Waals surface area contributed by atoms with Gasteiger partial charge in [0.15, 0.2) is 0 Å². The van der Waals surface area contributed by atoms with Crippen LogP contribution in [0.5, 0.6) is 0 Å². The molecule has 1 aliphatic heterocycles. The zero-order valence-electron chi connectivity index (χ0n) is 11.5. The fraction of sp³-hybridized carbons (Fsp3) is 0.625. The first-order chi connectivity index (χ1) is 9.19. The number of benzene rings is 1. The molecule has 0 radical (unpaired) electrons. The Hall–Kier alpha value is -1.09. The third-order valence-electron chi connectivity index (χ3n) is 5.12. The second-order valence-corrected chi connectivity index (χ2v) is 6.30. The van der Waals surface area contributed by atoms with Crippen LogP contribution in [0.15, 0.2) is 18.2 Å². The van der Waals surface area contributed by atoms with E-state index in [2.05, 4.69) is 4.90 Å². The monoisotopic (exact) mass is 262 g/mol. The molecule has 1 aliphatic carbocycles. The van der Waals surface area contributed by atoms with Crippen LogP contribution in [0.4, 0.5) is 10.1 Å². The summed E-state index contributed by atoms with van der Waals surface area (Å²) in [6, 6.07) is 5.13. The molecule has 0 atom stereocenters. The highest BCUT2D eigenvalue weighted by atomic mass is 19.1. The Morgan fingerprint density at radius 1 is 1.11 bits per heavy atom. The molecule has 1 saturated heterocycles. The molecule has 2 fully saturated rings. The quantitative estimate of drug-likeness (QED) is 0.826. The number of hydrogen-bond donors (Lipinski definition) is 1. The van der Waals surface area contributed by atoms with E-state index in [0.717, 1.165) is 25.2 Å². The van der Waals surface area contributed by atoms with Gasteiger partial charge in [0.25, 0.3) is 0 Å². The first-order valence-electron chi connectivity index (χ1n) is 7.44. The highest BCUT2D eigenvalue weighted by Gasteiger charge is 2.36. The van der Waals surface area contributed by atoms with Crippen LogP contribution in [0, 0.1) is 11.2 Å². The van der Waals surface area contributed by atoms with Crippen molar-refractivity contribution in [1.29, 1.82) is 0 Å². The fourth-order valence-electron chi connectivity index (χ4n) is 3.77. The maximum atomic E-state index is 13.4. The Morgan fingerprint density at radius 2 is 1.79 bits per heavy atom. The normalized spacial score (nSPS) is 23.0. The van der Waals surface area contributed by atoms with Gasteiger partial charge in [-0.05, 0) is 55.8 Å². The van der Waals surface area contributed by atoms with E-state index in [4.69, 9.17) is 5.73 Å². The predicted octanol–water partition coefficient (Wildman–Crippen LogP) is 3.56. The standard InChI is InChI=1S/C16H23FN2/c17-14-5-3-4-13(15(14)18)12-19-10-8-16(9-11-19)6-1-2-7-16/h3-5H,1-2,6-12,18H2. The van der Waals surface area contributed by atoms with Crippen LogP contribution in [0.2, 0.25) is 0 Å². The molecular weight excluding hydrogens is 239 g/mol. The van der Waals surface area contributed by atoms with Gasteiger partial charge in [-0.15, -0.1) is 0 Å². The molecule has 3 heteroatoms. The maximum Gasteiger partial charge on any atom is 0.146 e. The van der Waals surface area contributed by atoms with Gasteiger partial charge in [0.05, 0.1) is 5.69 Å². The minimum atomic E-state index is -0.290. The third kappa shape index (κ3) is 2.62. The summed E-state index contributed by atoms with van der Waals surface area (Å²) < 4.78 is 13.4. The largest absolute Gasteiger partial charge is 0.396 e. The van der Waals surface area contributed by atoms with E-state index in [1.807, 2.05) is 6.07 Å². The lowest BCUT2D eigenvalue weighted by atomic mass is 9.77. The SMILES string of the molecule is Nc1c(F)cccc1CN1CCC2(CCCC2)CC1. The lowest BCUT2D eigenvalue weighted by molar-refractivity contribution is 0.104. The minimum absolute atomic E-state index is 0.290. The third-order valence-corrected chi connectivity index (χ3v) is 5.12. The fourth-order valence-corrected chi connectivity index (χ4v) is 3.77. The molecular formula is C16H23FN2. The highest BCUT2D eigenvalue weighted by Crippen LogP contribution is 2.46. The summed E-state index contributed by atoms with van der Waals surface area (Å²) in [5, 5.41) is 0. The van der Waals surface area contributed by atoms with E-state index < -0.39 is 0 Å². The molecule has 1 aromatic carbocycles. The first kappa shape index (κ1) is 12.9. The van der Waals surface area contributed by atoms with Crippen LogP contribution >= 0.6 is 0 Å². The van der Waals surface area contributed by atoms with E-state index >= 15 is 0 Å². The number of anilines is 1. The summed E-state index contributed by atoms with van der Waals surface area (Å²) in [4.78, 5) is 2.43. The molecule has 2 aliphatic rings. The van der Waals surface area contributed by atoms with Gasteiger partial charge in [-0.25, -0.2) is 4.39 Å². The minimum Gasteiger partial charge on any atom is -0.396 e. The molecule has 0 amide bonds. The summed E-state index contributed by atoms with van der Waals surface area (Å²) >= 11 is 0. The number of para-hydroxylation sites is 1. The molecule has 1 spiro atoms. The van der Waals surface area contributed by atoms with Crippen molar-refractivity contribution in [2.24, 2.45) is 5.41 Å². The van der Waals surface area contributed by atoms with Crippen LogP contribution in [-0.2, 0) is 6.54 Å². The highest BCUT2D eigenvalue weighted by molar-refractivity contribution is 5.47. The second kappa shape index (κ2) is 5.12. The van der Waals surface area contributed by atoms with Crippen molar-refractivity contribution >= 4 is 5.69 Å². The summed E-state index contributed by atoms with van der Waals surface area (Å²) in [7, 11) is 0. The van der Waals surface area contributed by atoms with Gasteiger partial charge in [-0.2, -0.15) is 0 Å². The summed E-state index contributed by atoms with van der Waals surface area (Å²) in [6.07, 6.45) is 8.28. The summed E-state index contributed by atoms with van der Waals surface area (Å²) in [6.45, 7) is 3.06. The molecule has 104 valence electrons. The lowest BCUT2D eigenvalue weighted by Crippen LogP contribution is -2.38. The molecule has 1 saturated carbocycles. The molecule has 3 rings (SSSR count). The lowest BCUT2D eigenvalue weighted by Gasteiger charge is -2.39. The average molecular weight is 262 g/mol. The number of rotatable bonds is 2. The van der Waals surface area contributed by atoms with Crippen molar-refractivity contribution in [3.8, 4) is 0 Å². The number of nitrogens with two attached hydrogens (primary N) is 1. The van der Waals surface area contributed by atoms with E-state index in [1.165, 1.54) is 44.6 Å². The van der Waals surface area contributed by atoms with Gasteiger partial charge < -0.3 is 5.73 Å². The van der Waals surface area contributed by atoms with Crippen LogP contribution < -0.4 is 5.73 Å². The average Bonchev–Trinajstić information content (AvgIpc) is 2.86. The molecule has 0 bridgehead atoms. The van der Waals surface area contributed by atoms with Gasteiger partial charge in [0.1, 0.15) is 5.82 Å². The Labute approximate surface area is 114 Å². The Morgan fingerprint density at radius 3 is 2.47 bits per heavy atom. The molecule has 0 aromatic heterocycles. The molecule has 1 aromatic rings. The first-order valence-corrected chi connectivity index (χ1v) is 7.44. The number of hydrogen-bond acceptors (Lipinski definition) is 2. The van der Waals surface area contributed by atoms with Crippen molar-refractivity contribution < 1.29 is 4.39 Å². The van der Waals surface area contributed by atoms with Gasteiger partial charge in [-0.3, -0.25) is 4.90 Å². The number of piperidine rings is 1. The molecule has 1 heterocycles. The van der Waals surface area contributed by atoms with Crippen molar-refractivity contribution in [1.82, 2.24) is 4.90 Å². The number of nitrogens with zero attached hydrogens (tertiary/aromatic N) is 1. The van der Waals surface area contributed by atoms with Crippen molar-refractivity contribution in [2.45, 2.75) is 45.1 Å². The molecule has 0 unspecified atom stereocenters. The number of likely N-dealkylation sites (tertiary alicyclic amines) is 1. The summed E-state index contributed by atoms with van der Waals surface area (Å²) in [5.74, 6) is -0.290. The van der Waals surface area contributed by atoms with E-state index in [-0.39, 0.29) is 5.82 Å². The Balaban J connectivity index is 1.61. The predicted molar refractivity (Wildman–Crippen MR) is 76.2 cm³/mol. The zero-order chi connectivity index (χ0) is 13.3. The second-order valence-electron chi connectivity index (χ2n) is 6.30. The van der Waals surface area contributed by atoms with Crippen molar-refractivity contribution in [2.75, 3.05) is 18.8 Å². The van der Waals surface area contributed by atoms with Crippen molar-refractivity contribution in [3.63, 3.8) is 0 Å². The van der Waals surface area contributed by atoms with Crippen LogP contribution in [0.1, 0.15) is 44.1 Å². The zero-order valence-corrected chi connectivity index (χ0v) is 11.5. The van der Waals surface area contributed by atoms with Gasteiger partial charge in [-0.1, -0.05) is 25.0 Å². The smallest absolute Gasteiger partial charge is 0.146 e. The molecule has 2 N–H and O–H groups in total. The van der Waals surface area contributed by atoms with Gasteiger partial charge >= 0.3 is 0 Å². The van der Waals surface area contributed by atoms with Gasteiger partial charge in [0.2, 0.25) is 0 Å². The molecule has 2 nitrogen and oxygen atoms in total. The maximum absolute atomic E-state index is 13.4.